The zero-order valence-electron chi connectivity index (χ0n) is 23.3. The van der Waals surface area contributed by atoms with E-state index >= 15 is 0 Å². The van der Waals surface area contributed by atoms with Crippen molar-refractivity contribution in [3.63, 3.8) is 0 Å². The van der Waals surface area contributed by atoms with Crippen molar-refractivity contribution in [2.45, 2.75) is 25.0 Å². The molecule has 0 bridgehead atoms. The number of nitrogens with zero attached hydrogens (tertiary/aromatic N) is 3. The van der Waals surface area contributed by atoms with Gasteiger partial charge in [0.15, 0.2) is 11.6 Å². The second-order valence-electron chi connectivity index (χ2n) is 10.7. The first kappa shape index (κ1) is 30.2. The average Bonchev–Trinajstić information content (AvgIpc) is 3.62. The van der Waals surface area contributed by atoms with Gasteiger partial charge in [0.05, 0.1) is 13.1 Å². The van der Waals surface area contributed by atoms with Crippen molar-refractivity contribution in [1.82, 2.24) is 13.8 Å². The second kappa shape index (κ2) is 13.0. The van der Waals surface area contributed by atoms with E-state index in [0.29, 0.717) is 72.0 Å². The summed E-state index contributed by atoms with van der Waals surface area (Å²) in [4.78, 5) is 17.3. The molecule has 1 N–H and O–H groups in total. The quantitative estimate of drug-likeness (QED) is 0.161. The number of ether oxygens (including phenoxy) is 2. The number of pyridine rings is 1. The zero-order chi connectivity index (χ0) is 30.8. The largest absolute Gasteiger partial charge is 0.488 e. The number of carbonyl (C=O) groups is 1. The summed E-state index contributed by atoms with van der Waals surface area (Å²) in [6.45, 7) is 2.39. The van der Waals surface area contributed by atoms with Crippen LogP contribution in [0.3, 0.4) is 0 Å². The Kier molecular flexibility index (Phi) is 8.95. The lowest BCUT2D eigenvalue weighted by atomic mass is 10.0. The molecule has 2 fully saturated rings. The summed E-state index contributed by atoms with van der Waals surface area (Å²) in [5.41, 5.74) is 2.71. The van der Waals surface area contributed by atoms with E-state index in [-0.39, 0.29) is 17.8 Å². The van der Waals surface area contributed by atoms with Gasteiger partial charge in [0.2, 0.25) is 5.95 Å². The number of aromatic nitrogens is 1. The van der Waals surface area contributed by atoms with Gasteiger partial charge in [0, 0.05) is 47.2 Å². The molecule has 0 unspecified atom stereocenters. The fraction of sp³-hybridized carbons (Fsp3) is 0.250. The van der Waals surface area contributed by atoms with E-state index in [4.69, 9.17) is 33.0 Å². The van der Waals surface area contributed by atoms with Gasteiger partial charge in [-0.1, -0.05) is 6.07 Å². The Bertz CT molecular complexity index is 1680. The van der Waals surface area contributed by atoms with Crippen molar-refractivity contribution in [2.75, 3.05) is 31.5 Å². The molecule has 0 radical (unpaired) electrons. The molecule has 3 aromatic carbocycles. The summed E-state index contributed by atoms with van der Waals surface area (Å²) in [7, 11) is 0. The number of benzene rings is 3. The molecular weight excluding hydrogens is 616 g/mol. The molecule has 0 spiro atoms. The van der Waals surface area contributed by atoms with Gasteiger partial charge in [-0.05, 0) is 103 Å². The fourth-order valence-electron chi connectivity index (χ4n) is 5.26. The van der Waals surface area contributed by atoms with Crippen molar-refractivity contribution in [3.8, 4) is 33.8 Å². The van der Waals surface area contributed by atoms with Gasteiger partial charge in [0.25, 0.3) is 5.91 Å². The van der Waals surface area contributed by atoms with E-state index in [1.807, 2.05) is 0 Å². The van der Waals surface area contributed by atoms with Gasteiger partial charge < -0.3 is 14.8 Å². The van der Waals surface area contributed by atoms with Crippen LogP contribution in [-0.4, -0.2) is 58.1 Å². The molecule has 0 aliphatic carbocycles. The lowest BCUT2D eigenvalue weighted by Gasteiger charge is -2.19. The minimum Gasteiger partial charge on any atom is -0.488 e. The maximum absolute atomic E-state index is 14.2. The molecular formula is C32H27Cl2F3N4O3. The highest BCUT2D eigenvalue weighted by Crippen LogP contribution is 2.36. The van der Waals surface area contributed by atoms with E-state index in [1.54, 1.807) is 51.3 Å². The van der Waals surface area contributed by atoms with Crippen LogP contribution in [0.5, 0.6) is 11.5 Å². The van der Waals surface area contributed by atoms with Gasteiger partial charge in [-0.2, -0.15) is 4.39 Å². The number of carbonyl (C=O) groups excluding carboxylic acids is 1. The van der Waals surface area contributed by atoms with Crippen LogP contribution in [-0.2, 0) is 0 Å². The van der Waals surface area contributed by atoms with Gasteiger partial charge in [-0.25, -0.2) is 22.6 Å². The first-order valence-electron chi connectivity index (χ1n) is 14.0. The molecule has 7 nitrogen and oxygen atoms in total. The van der Waals surface area contributed by atoms with E-state index in [2.05, 4.69) is 10.3 Å². The van der Waals surface area contributed by atoms with E-state index < -0.39 is 23.5 Å². The number of halogens is 5. The van der Waals surface area contributed by atoms with Crippen LogP contribution in [0.2, 0.25) is 0 Å². The van der Waals surface area contributed by atoms with Gasteiger partial charge >= 0.3 is 0 Å². The first-order chi connectivity index (χ1) is 21.2. The van der Waals surface area contributed by atoms with Gasteiger partial charge in [-0.3, -0.25) is 4.79 Å². The molecule has 0 saturated carbocycles. The lowest BCUT2D eigenvalue weighted by molar-refractivity contribution is 0.102. The van der Waals surface area contributed by atoms with Crippen LogP contribution in [0.15, 0.2) is 72.9 Å². The summed E-state index contributed by atoms with van der Waals surface area (Å²) in [6.07, 6.45) is 2.50. The van der Waals surface area contributed by atoms with Crippen LogP contribution in [0.1, 0.15) is 23.2 Å². The summed E-state index contributed by atoms with van der Waals surface area (Å²) in [5.74, 6) is -2.11. The number of hydrogen-bond acceptors (Lipinski definition) is 6. The molecule has 12 heteroatoms. The molecule has 1 amide bonds. The Labute approximate surface area is 262 Å². The van der Waals surface area contributed by atoms with Crippen LogP contribution >= 0.6 is 23.6 Å². The third kappa shape index (κ3) is 6.94. The second-order valence-corrected chi connectivity index (χ2v) is 11.6. The minimum absolute atomic E-state index is 0.132. The maximum Gasteiger partial charge on any atom is 0.255 e. The molecule has 4 aromatic rings. The third-order valence-corrected chi connectivity index (χ3v) is 8.14. The summed E-state index contributed by atoms with van der Waals surface area (Å²) < 4.78 is 57.2. The highest BCUT2D eigenvalue weighted by Gasteiger charge is 2.26. The topological polar surface area (TPSA) is 66.9 Å². The Balaban J connectivity index is 1.29. The molecule has 2 atom stereocenters. The molecule has 1 aromatic heterocycles. The number of hydrogen-bond donors (Lipinski definition) is 1. The Hall–Kier alpha value is -3.83. The van der Waals surface area contributed by atoms with Gasteiger partial charge in [0.1, 0.15) is 23.7 Å². The van der Waals surface area contributed by atoms with Crippen molar-refractivity contribution in [2.24, 2.45) is 0 Å². The highest BCUT2D eigenvalue weighted by atomic mass is 35.5. The predicted octanol–water partition coefficient (Wildman–Crippen LogP) is 7.30. The summed E-state index contributed by atoms with van der Waals surface area (Å²) in [6, 6.07) is 16.3. The van der Waals surface area contributed by atoms with Crippen molar-refractivity contribution >= 4 is 35.1 Å². The number of amides is 1. The van der Waals surface area contributed by atoms with Crippen LogP contribution < -0.4 is 14.8 Å². The SMILES string of the molecule is O=C(Nc1ccc(O[C@H]2CCN(Cl)C2)c(-c2ccc(F)nc2)c1)c1ccc(O[C@H]2CCN(Cl)C2)c(-c2ccc(F)c(F)c2)c1. The van der Waals surface area contributed by atoms with E-state index in [0.717, 1.165) is 18.6 Å². The molecule has 3 heterocycles. The van der Waals surface area contributed by atoms with E-state index in [1.165, 1.54) is 18.3 Å². The maximum atomic E-state index is 14.2. The fourth-order valence-corrected chi connectivity index (χ4v) is 5.77. The number of rotatable bonds is 8. The van der Waals surface area contributed by atoms with Crippen LogP contribution in [0.25, 0.3) is 22.3 Å². The van der Waals surface area contributed by atoms with Crippen molar-refractivity contribution < 1.29 is 27.4 Å². The minimum atomic E-state index is -1.02. The predicted molar refractivity (Wildman–Crippen MR) is 162 cm³/mol. The zero-order valence-corrected chi connectivity index (χ0v) is 24.8. The molecule has 2 aliphatic rings. The van der Waals surface area contributed by atoms with Crippen LogP contribution in [0, 0.1) is 17.6 Å². The summed E-state index contributed by atoms with van der Waals surface area (Å²) in [5, 5.41) is 2.89. The number of nitrogens with one attached hydrogen (secondary N) is 1. The molecule has 44 heavy (non-hydrogen) atoms. The van der Waals surface area contributed by atoms with Crippen molar-refractivity contribution in [1.29, 1.82) is 0 Å². The molecule has 6 rings (SSSR count). The van der Waals surface area contributed by atoms with Crippen molar-refractivity contribution in [3.05, 3.63) is 96.1 Å². The Morgan fingerprint density at radius 3 is 2.00 bits per heavy atom. The lowest BCUT2D eigenvalue weighted by Crippen LogP contribution is -2.20. The number of anilines is 1. The monoisotopic (exact) mass is 642 g/mol. The molecule has 2 saturated heterocycles. The standard InChI is InChI=1S/C32H27Cl2F3N4O3/c33-40-11-9-23(17-40)43-29-6-2-20(13-25(29)19-1-5-27(35)28(36)14-19)32(42)39-22-4-7-30(44-24-10-12-41(34)18-24)26(15-22)21-3-8-31(37)38-16-21/h1-8,13-16,23-24H,9-12,17-18H2,(H,39,42)/t23-,24-/m0/s1. The third-order valence-electron chi connectivity index (χ3n) is 7.53. The average molecular weight is 643 g/mol. The smallest absolute Gasteiger partial charge is 0.255 e. The summed E-state index contributed by atoms with van der Waals surface area (Å²) >= 11 is 12.2. The normalized spacial score (nSPS) is 18.8. The molecule has 228 valence electrons. The van der Waals surface area contributed by atoms with E-state index in [9.17, 15) is 18.0 Å². The van der Waals surface area contributed by atoms with Crippen LogP contribution in [0.4, 0.5) is 18.9 Å². The molecule has 2 aliphatic heterocycles. The highest BCUT2D eigenvalue weighted by molar-refractivity contribution is 6.13. The van der Waals surface area contributed by atoms with Gasteiger partial charge in [-0.15, -0.1) is 0 Å². The Morgan fingerprint density at radius 1 is 0.773 bits per heavy atom. The first-order valence-corrected chi connectivity index (χ1v) is 14.7. The Morgan fingerprint density at radius 2 is 1.41 bits per heavy atom.